The van der Waals surface area contributed by atoms with Gasteiger partial charge in [0, 0.05) is 31.9 Å². The molecule has 0 saturated carbocycles. The Kier molecular flexibility index (Phi) is 5.19. The maximum Gasteiger partial charge on any atom is 0.243 e. The maximum absolute atomic E-state index is 12.9. The van der Waals surface area contributed by atoms with E-state index in [-0.39, 0.29) is 10.8 Å². The van der Waals surface area contributed by atoms with Gasteiger partial charge in [-0.05, 0) is 25.0 Å². The van der Waals surface area contributed by atoms with Gasteiger partial charge in [-0.2, -0.15) is 9.40 Å². The average Bonchev–Trinajstić information content (AvgIpc) is 3.06. The van der Waals surface area contributed by atoms with Crippen molar-refractivity contribution in [1.29, 1.82) is 0 Å². The molecule has 1 amide bonds. The van der Waals surface area contributed by atoms with E-state index in [2.05, 4.69) is 10.4 Å². The first-order valence-corrected chi connectivity index (χ1v) is 9.74. The number of nitrogens with zero attached hydrogens (tertiary/aromatic N) is 3. The second kappa shape index (κ2) is 7.37. The summed E-state index contributed by atoms with van der Waals surface area (Å²) < 4.78 is 28.8. The lowest BCUT2D eigenvalue weighted by atomic mass is 10.0. The summed E-state index contributed by atoms with van der Waals surface area (Å²) >= 11 is 0. The first-order valence-electron chi connectivity index (χ1n) is 8.30. The SMILES string of the molecule is Cn1cc(CNC(=O)C2CCCCN2S(=O)(=O)c2ccccc2)cn1. The molecule has 1 N–H and O–H groups in total. The molecule has 1 unspecified atom stereocenters. The van der Waals surface area contributed by atoms with Gasteiger partial charge < -0.3 is 5.32 Å². The van der Waals surface area contributed by atoms with Crippen molar-refractivity contribution in [2.75, 3.05) is 6.54 Å². The normalized spacial score (nSPS) is 18.8. The van der Waals surface area contributed by atoms with Crippen LogP contribution in [0.2, 0.25) is 0 Å². The van der Waals surface area contributed by atoms with Gasteiger partial charge in [-0.15, -0.1) is 0 Å². The third kappa shape index (κ3) is 3.91. The van der Waals surface area contributed by atoms with Gasteiger partial charge in [0.25, 0.3) is 0 Å². The lowest BCUT2D eigenvalue weighted by Crippen LogP contribution is -2.51. The quantitative estimate of drug-likeness (QED) is 0.868. The fourth-order valence-corrected chi connectivity index (χ4v) is 4.73. The van der Waals surface area contributed by atoms with Gasteiger partial charge in [-0.1, -0.05) is 24.6 Å². The number of benzene rings is 1. The van der Waals surface area contributed by atoms with Crippen molar-refractivity contribution < 1.29 is 13.2 Å². The van der Waals surface area contributed by atoms with Crippen LogP contribution in [0.15, 0.2) is 47.6 Å². The molecule has 7 nitrogen and oxygen atoms in total. The fraction of sp³-hybridized carbons (Fsp3) is 0.412. The zero-order valence-electron chi connectivity index (χ0n) is 14.1. The van der Waals surface area contributed by atoms with Crippen LogP contribution in [0.1, 0.15) is 24.8 Å². The smallest absolute Gasteiger partial charge is 0.243 e. The third-order valence-electron chi connectivity index (χ3n) is 4.33. The summed E-state index contributed by atoms with van der Waals surface area (Å²) in [4.78, 5) is 12.8. The first kappa shape index (κ1) is 17.6. The van der Waals surface area contributed by atoms with Crippen molar-refractivity contribution in [3.8, 4) is 0 Å². The highest BCUT2D eigenvalue weighted by Gasteiger charge is 2.37. The number of carbonyl (C=O) groups excluding carboxylic acids is 1. The molecule has 1 aromatic carbocycles. The number of piperidine rings is 1. The summed E-state index contributed by atoms with van der Waals surface area (Å²) in [6.45, 7) is 0.699. The van der Waals surface area contributed by atoms with Crippen LogP contribution in [-0.4, -0.2) is 41.0 Å². The van der Waals surface area contributed by atoms with Crippen molar-refractivity contribution in [1.82, 2.24) is 19.4 Å². The molecule has 0 bridgehead atoms. The number of hydrogen-bond donors (Lipinski definition) is 1. The number of nitrogens with one attached hydrogen (secondary N) is 1. The molecule has 0 spiro atoms. The largest absolute Gasteiger partial charge is 0.351 e. The molecule has 2 heterocycles. The van der Waals surface area contributed by atoms with Crippen LogP contribution in [0.4, 0.5) is 0 Å². The molecule has 25 heavy (non-hydrogen) atoms. The summed E-state index contributed by atoms with van der Waals surface area (Å²) in [5, 5.41) is 6.90. The van der Waals surface area contributed by atoms with E-state index in [0.717, 1.165) is 18.4 Å². The zero-order valence-corrected chi connectivity index (χ0v) is 14.9. The summed E-state index contributed by atoms with van der Waals surface area (Å²) in [6, 6.07) is 7.61. The van der Waals surface area contributed by atoms with Crippen LogP contribution in [0.25, 0.3) is 0 Å². The Morgan fingerprint density at radius 2 is 2.04 bits per heavy atom. The second-order valence-corrected chi connectivity index (χ2v) is 8.07. The molecule has 0 aliphatic carbocycles. The van der Waals surface area contributed by atoms with E-state index in [9.17, 15) is 13.2 Å². The minimum Gasteiger partial charge on any atom is -0.351 e. The van der Waals surface area contributed by atoms with E-state index in [0.29, 0.717) is 19.5 Å². The Morgan fingerprint density at radius 3 is 2.72 bits per heavy atom. The zero-order chi connectivity index (χ0) is 17.9. The number of rotatable bonds is 5. The van der Waals surface area contributed by atoms with Gasteiger partial charge in [0.2, 0.25) is 15.9 Å². The molecule has 1 aliphatic heterocycles. The van der Waals surface area contributed by atoms with Crippen molar-refractivity contribution >= 4 is 15.9 Å². The standard InChI is InChI=1S/C17H22N4O3S/c1-20-13-14(12-19-20)11-18-17(22)16-9-5-6-10-21(16)25(23,24)15-7-3-2-4-8-15/h2-4,7-8,12-13,16H,5-6,9-11H2,1H3,(H,18,22). The second-order valence-electron chi connectivity index (χ2n) is 6.18. The molecule has 8 heteroatoms. The Labute approximate surface area is 147 Å². The van der Waals surface area contributed by atoms with Gasteiger partial charge in [0.1, 0.15) is 6.04 Å². The molecular weight excluding hydrogens is 340 g/mol. The van der Waals surface area contributed by atoms with E-state index >= 15 is 0 Å². The number of aromatic nitrogens is 2. The van der Waals surface area contributed by atoms with E-state index in [1.807, 2.05) is 6.20 Å². The highest BCUT2D eigenvalue weighted by molar-refractivity contribution is 7.89. The third-order valence-corrected chi connectivity index (χ3v) is 6.25. The molecule has 1 aliphatic rings. The van der Waals surface area contributed by atoms with Crippen molar-refractivity contribution in [2.45, 2.75) is 36.7 Å². The van der Waals surface area contributed by atoms with E-state index in [4.69, 9.17) is 0 Å². The number of aryl methyl sites for hydroxylation is 1. The van der Waals surface area contributed by atoms with Crippen LogP contribution >= 0.6 is 0 Å². The van der Waals surface area contributed by atoms with E-state index in [1.165, 1.54) is 4.31 Å². The van der Waals surface area contributed by atoms with Gasteiger partial charge in [-0.3, -0.25) is 9.48 Å². The predicted molar refractivity (Wildman–Crippen MR) is 93.0 cm³/mol. The Morgan fingerprint density at radius 1 is 1.28 bits per heavy atom. The first-order chi connectivity index (χ1) is 12.0. The Hall–Kier alpha value is -2.19. The topological polar surface area (TPSA) is 84.3 Å². The number of carbonyl (C=O) groups is 1. The van der Waals surface area contributed by atoms with Crippen LogP contribution in [-0.2, 0) is 28.4 Å². The molecule has 3 rings (SSSR count). The summed E-state index contributed by atoms with van der Waals surface area (Å²) in [6.07, 6.45) is 5.63. The molecule has 0 radical (unpaired) electrons. The van der Waals surface area contributed by atoms with Gasteiger partial charge >= 0.3 is 0 Å². The van der Waals surface area contributed by atoms with Crippen molar-refractivity contribution in [3.05, 3.63) is 48.3 Å². The summed E-state index contributed by atoms with van der Waals surface area (Å²) in [7, 11) is -1.87. The highest BCUT2D eigenvalue weighted by Crippen LogP contribution is 2.25. The number of sulfonamides is 1. The van der Waals surface area contributed by atoms with E-state index < -0.39 is 16.1 Å². The van der Waals surface area contributed by atoms with Crippen LogP contribution in [0.5, 0.6) is 0 Å². The van der Waals surface area contributed by atoms with E-state index in [1.54, 1.807) is 48.3 Å². The molecular formula is C17H22N4O3S. The van der Waals surface area contributed by atoms with Crippen molar-refractivity contribution in [2.24, 2.45) is 7.05 Å². The molecule has 2 aromatic rings. The van der Waals surface area contributed by atoms with Crippen LogP contribution < -0.4 is 5.32 Å². The number of hydrogen-bond acceptors (Lipinski definition) is 4. The van der Waals surface area contributed by atoms with Gasteiger partial charge in [0.05, 0.1) is 11.1 Å². The Bertz CT molecular complexity index is 833. The number of amides is 1. The predicted octanol–water partition coefficient (Wildman–Crippen LogP) is 1.28. The fourth-order valence-electron chi connectivity index (χ4n) is 3.05. The lowest BCUT2D eigenvalue weighted by Gasteiger charge is -2.33. The maximum atomic E-state index is 12.9. The van der Waals surface area contributed by atoms with Crippen molar-refractivity contribution in [3.63, 3.8) is 0 Å². The van der Waals surface area contributed by atoms with Crippen LogP contribution in [0.3, 0.4) is 0 Å². The molecule has 1 aromatic heterocycles. The molecule has 1 saturated heterocycles. The molecule has 1 fully saturated rings. The average molecular weight is 362 g/mol. The minimum absolute atomic E-state index is 0.224. The minimum atomic E-state index is -3.68. The molecule has 134 valence electrons. The van der Waals surface area contributed by atoms with Gasteiger partial charge in [0.15, 0.2) is 0 Å². The van der Waals surface area contributed by atoms with Crippen LogP contribution in [0, 0.1) is 0 Å². The van der Waals surface area contributed by atoms with Gasteiger partial charge in [-0.25, -0.2) is 8.42 Å². The molecule has 1 atom stereocenters. The monoisotopic (exact) mass is 362 g/mol. The highest BCUT2D eigenvalue weighted by atomic mass is 32.2. The summed E-state index contributed by atoms with van der Waals surface area (Å²) in [5.74, 6) is -0.261. The summed E-state index contributed by atoms with van der Waals surface area (Å²) in [5.41, 5.74) is 0.879. The Balaban J connectivity index is 1.75. The lowest BCUT2D eigenvalue weighted by molar-refractivity contribution is -0.125.